The molecule has 2 heterocycles. The molecule has 0 saturated carbocycles. The molecule has 0 atom stereocenters. The molecule has 0 bridgehead atoms. The summed E-state index contributed by atoms with van der Waals surface area (Å²) in [4.78, 5) is 18.2. The van der Waals surface area contributed by atoms with Crippen molar-refractivity contribution in [3.05, 3.63) is 23.4 Å². The maximum atomic E-state index is 12.2. The lowest BCUT2D eigenvalue weighted by molar-refractivity contribution is 0.0687. The summed E-state index contributed by atoms with van der Waals surface area (Å²) in [5, 5.41) is 15.0. The Hall–Kier alpha value is -1.85. The van der Waals surface area contributed by atoms with E-state index in [1.54, 1.807) is 0 Å². The van der Waals surface area contributed by atoms with Crippen molar-refractivity contribution in [2.75, 3.05) is 7.05 Å². The van der Waals surface area contributed by atoms with Crippen LogP contribution in [0.4, 0.5) is 0 Å². The third-order valence-corrected chi connectivity index (χ3v) is 5.37. The zero-order valence-corrected chi connectivity index (χ0v) is 11.3. The SMILES string of the molecule is CN(Cc1ncn[nH]1)S(=O)(=O)c1scnc1C(=O)O. The Balaban J connectivity index is 2.31. The number of H-pyrrole nitrogens is 1. The Labute approximate surface area is 112 Å². The van der Waals surface area contributed by atoms with E-state index >= 15 is 0 Å². The molecule has 0 spiro atoms. The van der Waals surface area contributed by atoms with Gasteiger partial charge in [0.1, 0.15) is 12.2 Å². The van der Waals surface area contributed by atoms with E-state index in [1.807, 2.05) is 0 Å². The predicted molar refractivity (Wildman–Crippen MR) is 64.1 cm³/mol. The van der Waals surface area contributed by atoms with Crippen LogP contribution >= 0.6 is 11.3 Å². The summed E-state index contributed by atoms with van der Waals surface area (Å²) >= 11 is 0.758. The number of nitrogens with zero attached hydrogens (tertiary/aromatic N) is 4. The lowest BCUT2D eigenvalue weighted by Crippen LogP contribution is -2.27. The summed E-state index contributed by atoms with van der Waals surface area (Å²) in [6, 6.07) is 0. The second-order valence-corrected chi connectivity index (χ2v) is 6.58. The van der Waals surface area contributed by atoms with Crippen molar-refractivity contribution in [2.24, 2.45) is 0 Å². The lowest BCUT2D eigenvalue weighted by Gasteiger charge is -2.14. The fourth-order valence-corrected chi connectivity index (χ4v) is 3.77. The smallest absolute Gasteiger partial charge is 0.356 e. The minimum absolute atomic E-state index is 0.0424. The highest BCUT2D eigenvalue weighted by atomic mass is 32.2. The van der Waals surface area contributed by atoms with Gasteiger partial charge in [0, 0.05) is 7.05 Å². The predicted octanol–water partition coefficient (Wildman–Crippen LogP) is -0.220. The number of carboxylic acid groups (broad SMARTS) is 1. The third kappa shape index (κ3) is 2.62. The van der Waals surface area contributed by atoms with Crippen LogP contribution in [0.1, 0.15) is 16.3 Å². The first kappa shape index (κ1) is 13.6. The van der Waals surface area contributed by atoms with Gasteiger partial charge in [0.15, 0.2) is 9.90 Å². The van der Waals surface area contributed by atoms with Gasteiger partial charge in [-0.25, -0.2) is 23.2 Å². The summed E-state index contributed by atoms with van der Waals surface area (Å²) in [6.07, 6.45) is 1.26. The highest BCUT2D eigenvalue weighted by Gasteiger charge is 2.29. The van der Waals surface area contributed by atoms with Crippen LogP contribution in [-0.4, -0.2) is 51.0 Å². The quantitative estimate of drug-likeness (QED) is 0.781. The molecule has 0 aliphatic rings. The maximum Gasteiger partial charge on any atom is 0.356 e. The fourth-order valence-electron chi connectivity index (χ4n) is 1.31. The normalized spacial score (nSPS) is 11.9. The number of thiazole rings is 1. The van der Waals surface area contributed by atoms with Gasteiger partial charge in [0.25, 0.3) is 10.0 Å². The number of aromatic amines is 1. The number of hydrogen-bond donors (Lipinski definition) is 2. The van der Waals surface area contributed by atoms with Crippen molar-refractivity contribution >= 4 is 27.3 Å². The molecule has 0 saturated heterocycles. The number of aromatic carboxylic acids is 1. The van der Waals surface area contributed by atoms with E-state index in [2.05, 4.69) is 20.2 Å². The average Bonchev–Trinajstić information content (AvgIpc) is 2.98. The molecule has 11 heteroatoms. The summed E-state index contributed by atoms with van der Waals surface area (Å²) in [6.45, 7) is -0.0424. The van der Waals surface area contributed by atoms with E-state index in [0.717, 1.165) is 15.6 Å². The first-order valence-corrected chi connectivity index (χ1v) is 7.22. The van der Waals surface area contributed by atoms with Crippen LogP contribution in [0.3, 0.4) is 0 Å². The van der Waals surface area contributed by atoms with Gasteiger partial charge in [0.2, 0.25) is 0 Å². The molecule has 2 N–H and O–H groups in total. The Morgan fingerprint density at radius 1 is 1.53 bits per heavy atom. The number of aromatic nitrogens is 4. The molecule has 9 nitrogen and oxygen atoms in total. The van der Waals surface area contributed by atoms with Gasteiger partial charge in [-0.05, 0) is 0 Å². The minimum Gasteiger partial charge on any atom is -0.476 e. The van der Waals surface area contributed by atoms with Crippen molar-refractivity contribution < 1.29 is 18.3 Å². The van der Waals surface area contributed by atoms with Crippen LogP contribution in [0.25, 0.3) is 0 Å². The third-order valence-electron chi connectivity index (χ3n) is 2.22. The van der Waals surface area contributed by atoms with Gasteiger partial charge in [-0.2, -0.15) is 9.40 Å². The van der Waals surface area contributed by atoms with Gasteiger partial charge in [-0.3, -0.25) is 5.10 Å². The monoisotopic (exact) mass is 303 g/mol. The van der Waals surface area contributed by atoms with Crippen LogP contribution in [-0.2, 0) is 16.6 Å². The van der Waals surface area contributed by atoms with E-state index in [1.165, 1.54) is 18.9 Å². The second-order valence-electron chi connectivity index (χ2n) is 3.49. The number of rotatable bonds is 5. The fraction of sp³-hybridized carbons (Fsp3) is 0.250. The zero-order valence-electron chi connectivity index (χ0n) is 9.64. The van der Waals surface area contributed by atoms with Crippen molar-refractivity contribution in [3.8, 4) is 0 Å². The molecule has 19 heavy (non-hydrogen) atoms. The lowest BCUT2D eigenvalue weighted by atomic mass is 10.5. The topological polar surface area (TPSA) is 129 Å². The zero-order chi connectivity index (χ0) is 14.0. The Bertz CT molecular complexity index is 678. The van der Waals surface area contributed by atoms with Crippen LogP contribution in [0, 0.1) is 0 Å². The minimum atomic E-state index is -3.93. The molecule has 0 aliphatic heterocycles. The van der Waals surface area contributed by atoms with Crippen LogP contribution in [0.2, 0.25) is 0 Å². The van der Waals surface area contributed by atoms with Crippen molar-refractivity contribution in [2.45, 2.75) is 10.8 Å². The Kier molecular flexibility index (Phi) is 3.59. The summed E-state index contributed by atoms with van der Waals surface area (Å²) in [5.41, 5.74) is 0.702. The number of hydrogen-bond acceptors (Lipinski definition) is 7. The molecular formula is C8H9N5O4S2. The van der Waals surface area contributed by atoms with Gasteiger partial charge in [-0.15, -0.1) is 11.3 Å². The van der Waals surface area contributed by atoms with Crippen LogP contribution < -0.4 is 0 Å². The van der Waals surface area contributed by atoms with E-state index < -0.39 is 21.7 Å². The average molecular weight is 303 g/mol. The molecule has 0 radical (unpaired) electrons. The van der Waals surface area contributed by atoms with Gasteiger partial charge < -0.3 is 5.11 Å². The van der Waals surface area contributed by atoms with Gasteiger partial charge in [-0.1, -0.05) is 0 Å². The van der Waals surface area contributed by atoms with E-state index in [4.69, 9.17) is 5.11 Å². The molecule has 0 amide bonds. The number of nitrogens with one attached hydrogen (secondary N) is 1. The van der Waals surface area contributed by atoms with Crippen LogP contribution in [0.5, 0.6) is 0 Å². The van der Waals surface area contributed by atoms with Crippen molar-refractivity contribution in [1.29, 1.82) is 0 Å². The van der Waals surface area contributed by atoms with Crippen LogP contribution in [0.15, 0.2) is 16.0 Å². The highest BCUT2D eigenvalue weighted by molar-refractivity contribution is 7.91. The standard InChI is InChI=1S/C8H9N5O4S2/c1-13(2-5-9-3-11-12-5)19(16,17)8-6(7(14)15)10-4-18-8/h3-4H,2H2,1H3,(H,14,15)(H,9,11,12). The number of sulfonamides is 1. The number of carboxylic acids is 1. The largest absolute Gasteiger partial charge is 0.476 e. The number of carbonyl (C=O) groups is 1. The summed E-state index contributed by atoms with van der Waals surface area (Å²) in [7, 11) is -2.60. The van der Waals surface area contributed by atoms with E-state index in [9.17, 15) is 13.2 Å². The second kappa shape index (κ2) is 5.03. The Morgan fingerprint density at radius 3 is 2.84 bits per heavy atom. The first-order valence-electron chi connectivity index (χ1n) is 4.90. The summed E-state index contributed by atoms with van der Waals surface area (Å²) < 4.78 is 25.1. The molecule has 102 valence electrons. The highest BCUT2D eigenvalue weighted by Crippen LogP contribution is 2.23. The van der Waals surface area contributed by atoms with E-state index in [-0.39, 0.29) is 10.8 Å². The van der Waals surface area contributed by atoms with Gasteiger partial charge in [0.05, 0.1) is 12.1 Å². The molecule has 0 fully saturated rings. The van der Waals surface area contributed by atoms with E-state index in [0.29, 0.717) is 5.82 Å². The van der Waals surface area contributed by atoms with Crippen molar-refractivity contribution in [1.82, 2.24) is 24.5 Å². The van der Waals surface area contributed by atoms with Gasteiger partial charge >= 0.3 is 5.97 Å². The first-order chi connectivity index (χ1) is 8.93. The Morgan fingerprint density at radius 2 is 2.26 bits per heavy atom. The molecule has 0 aromatic carbocycles. The molecule has 2 aromatic rings. The van der Waals surface area contributed by atoms with Crippen molar-refractivity contribution in [3.63, 3.8) is 0 Å². The molecule has 0 unspecified atom stereocenters. The summed E-state index contributed by atoms with van der Waals surface area (Å²) in [5.74, 6) is -1.03. The molecule has 2 rings (SSSR count). The molecular weight excluding hydrogens is 294 g/mol. The molecule has 2 aromatic heterocycles. The maximum absolute atomic E-state index is 12.2. The molecule has 0 aliphatic carbocycles.